The fourth-order valence-corrected chi connectivity index (χ4v) is 2.31. The molecule has 1 atom stereocenters. The van der Waals surface area contributed by atoms with Gasteiger partial charge in [-0.3, -0.25) is 0 Å². The lowest BCUT2D eigenvalue weighted by Crippen LogP contribution is -2.36. The summed E-state index contributed by atoms with van der Waals surface area (Å²) in [5.74, 6) is 0.392. The number of rotatable bonds is 3. The SMILES string of the molecule is O=C1OCCN1CC(O)C1CCCC1. The lowest BCUT2D eigenvalue weighted by Gasteiger charge is -2.22. The van der Waals surface area contributed by atoms with Crippen LogP contribution >= 0.6 is 0 Å². The van der Waals surface area contributed by atoms with Crippen molar-refractivity contribution >= 4 is 6.09 Å². The molecule has 1 saturated heterocycles. The highest BCUT2D eigenvalue weighted by Gasteiger charge is 2.29. The van der Waals surface area contributed by atoms with E-state index < -0.39 is 0 Å². The van der Waals surface area contributed by atoms with Gasteiger partial charge in [-0.2, -0.15) is 0 Å². The summed E-state index contributed by atoms with van der Waals surface area (Å²) < 4.78 is 4.80. The van der Waals surface area contributed by atoms with Gasteiger partial charge in [0.25, 0.3) is 0 Å². The Morgan fingerprint density at radius 2 is 2.21 bits per heavy atom. The van der Waals surface area contributed by atoms with Gasteiger partial charge in [0.15, 0.2) is 0 Å². The van der Waals surface area contributed by atoms with Gasteiger partial charge >= 0.3 is 6.09 Å². The van der Waals surface area contributed by atoms with E-state index in [0.717, 1.165) is 12.8 Å². The minimum atomic E-state index is -0.358. The lowest BCUT2D eigenvalue weighted by molar-refractivity contribution is 0.0771. The zero-order valence-electron chi connectivity index (χ0n) is 8.32. The molecule has 1 heterocycles. The van der Waals surface area contributed by atoms with E-state index in [-0.39, 0.29) is 12.2 Å². The minimum Gasteiger partial charge on any atom is -0.448 e. The third-order valence-corrected chi connectivity index (χ3v) is 3.20. The van der Waals surface area contributed by atoms with Crippen LogP contribution in [0.4, 0.5) is 4.79 Å². The molecular weight excluding hydrogens is 182 g/mol. The first-order chi connectivity index (χ1) is 6.77. The van der Waals surface area contributed by atoms with Crippen molar-refractivity contribution < 1.29 is 14.6 Å². The van der Waals surface area contributed by atoms with Gasteiger partial charge in [-0.1, -0.05) is 12.8 Å². The number of amides is 1. The summed E-state index contributed by atoms with van der Waals surface area (Å²) >= 11 is 0. The molecule has 14 heavy (non-hydrogen) atoms. The first-order valence-corrected chi connectivity index (χ1v) is 5.37. The van der Waals surface area contributed by atoms with Gasteiger partial charge in [0, 0.05) is 0 Å². The maximum Gasteiger partial charge on any atom is 0.410 e. The van der Waals surface area contributed by atoms with E-state index in [4.69, 9.17) is 4.74 Å². The van der Waals surface area contributed by atoms with Crippen LogP contribution in [-0.2, 0) is 4.74 Å². The normalized spacial score (nSPS) is 25.5. The molecule has 0 spiro atoms. The van der Waals surface area contributed by atoms with Crippen molar-refractivity contribution in [1.29, 1.82) is 0 Å². The Morgan fingerprint density at radius 1 is 1.50 bits per heavy atom. The van der Waals surface area contributed by atoms with Crippen molar-refractivity contribution in [2.75, 3.05) is 19.7 Å². The third-order valence-electron chi connectivity index (χ3n) is 3.20. The summed E-state index contributed by atoms with van der Waals surface area (Å²) in [7, 11) is 0. The predicted octanol–water partition coefficient (Wildman–Crippen LogP) is 0.990. The fourth-order valence-electron chi connectivity index (χ4n) is 2.31. The average molecular weight is 199 g/mol. The standard InChI is InChI=1S/C10H17NO3/c12-9(8-3-1-2-4-8)7-11-5-6-14-10(11)13/h8-9,12H,1-7H2. The van der Waals surface area contributed by atoms with E-state index in [9.17, 15) is 9.90 Å². The summed E-state index contributed by atoms with van der Waals surface area (Å²) in [4.78, 5) is 12.7. The van der Waals surface area contributed by atoms with Gasteiger partial charge < -0.3 is 14.7 Å². The van der Waals surface area contributed by atoms with Crippen LogP contribution in [0.15, 0.2) is 0 Å². The van der Waals surface area contributed by atoms with E-state index in [1.165, 1.54) is 12.8 Å². The molecule has 4 heteroatoms. The van der Waals surface area contributed by atoms with Gasteiger partial charge in [-0.15, -0.1) is 0 Å². The second kappa shape index (κ2) is 4.17. The van der Waals surface area contributed by atoms with Crippen LogP contribution in [0.5, 0.6) is 0 Å². The highest BCUT2D eigenvalue weighted by Crippen LogP contribution is 2.28. The maximum absolute atomic E-state index is 11.1. The van der Waals surface area contributed by atoms with Crippen molar-refractivity contribution in [2.45, 2.75) is 31.8 Å². The Kier molecular flexibility index (Phi) is 2.91. The number of hydrogen-bond donors (Lipinski definition) is 1. The molecular formula is C10H17NO3. The number of cyclic esters (lactones) is 1. The summed E-state index contributed by atoms with van der Waals surface area (Å²) in [6, 6.07) is 0. The van der Waals surface area contributed by atoms with Crippen LogP contribution in [0.25, 0.3) is 0 Å². The molecule has 0 aromatic rings. The molecule has 0 bridgehead atoms. The summed E-state index contributed by atoms with van der Waals surface area (Å²) in [5, 5.41) is 9.88. The van der Waals surface area contributed by atoms with Crippen molar-refractivity contribution in [3.63, 3.8) is 0 Å². The Bertz CT molecular complexity index is 213. The number of carbonyl (C=O) groups is 1. The molecule has 2 fully saturated rings. The molecule has 2 rings (SSSR count). The number of hydrogen-bond acceptors (Lipinski definition) is 3. The molecule has 0 aromatic heterocycles. The first-order valence-electron chi connectivity index (χ1n) is 5.37. The van der Waals surface area contributed by atoms with E-state index in [2.05, 4.69) is 0 Å². The van der Waals surface area contributed by atoms with Gasteiger partial charge in [-0.05, 0) is 18.8 Å². The number of aliphatic hydroxyl groups is 1. The van der Waals surface area contributed by atoms with Crippen LogP contribution in [0.3, 0.4) is 0 Å². The van der Waals surface area contributed by atoms with Crippen molar-refractivity contribution in [1.82, 2.24) is 4.90 Å². The second-order valence-corrected chi connectivity index (χ2v) is 4.17. The summed E-state index contributed by atoms with van der Waals surface area (Å²) in [6.07, 6.45) is 4.00. The van der Waals surface area contributed by atoms with Gasteiger partial charge in [-0.25, -0.2) is 4.79 Å². The van der Waals surface area contributed by atoms with Crippen LogP contribution in [-0.4, -0.2) is 41.9 Å². The number of β-amino-alcohol motifs (C(OH)–C–C–N with tert-alkyl or cyclic N) is 1. The maximum atomic E-state index is 11.1. The molecule has 1 aliphatic carbocycles. The monoisotopic (exact) mass is 199 g/mol. The second-order valence-electron chi connectivity index (χ2n) is 4.17. The highest BCUT2D eigenvalue weighted by molar-refractivity contribution is 5.69. The van der Waals surface area contributed by atoms with E-state index in [1.54, 1.807) is 4.90 Å². The molecule has 1 amide bonds. The number of aliphatic hydroxyl groups excluding tert-OH is 1. The Balaban J connectivity index is 1.80. The Morgan fingerprint density at radius 3 is 2.79 bits per heavy atom. The quantitative estimate of drug-likeness (QED) is 0.737. The highest BCUT2D eigenvalue weighted by atomic mass is 16.6. The van der Waals surface area contributed by atoms with Gasteiger partial charge in [0.05, 0.1) is 19.2 Å². The van der Waals surface area contributed by atoms with E-state index >= 15 is 0 Å². The zero-order valence-corrected chi connectivity index (χ0v) is 8.32. The van der Waals surface area contributed by atoms with Crippen molar-refractivity contribution in [2.24, 2.45) is 5.92 Å². The van der Waals surface area contributed by atoms with Crippen molar-refractivity contribution in [3.8, 4) is 0 Å². The number of nitrogens with zero attached hydrogens (tertiary/aromatic N) is 1. The molecule has 1 unspecified atom stereocenters. The summed E-state index contributed by atoms with van der Waals surface area (Å²) in [6.45, 7) is 1.54. The number of ether oxygens (including phenoxy) is 1. The zero-order chi connectivity index (χ0) is 9.97. The Labute approximate surface area is 83.8 Å². The smallest absolute Gasteiger partial charge is 0.410 e. The molecule has 0 aromatic carbocycles. The van der Waals surface area contributed by atoms with Crippen LogP contribution in [0.1, 0.15) is 25.7 Å². The topological polar surface area (TPSA) is 49.8 Å². The molecule has 4 nitrogen and oxygen atoms in total. The van der Waals surface area contributed by atoms with Gasteiger partial charge in [0.2, 0.25) is 0 Å². The molecule has 1 saturated carbocycles. The van der Waals surface area contributed by atoms with Crippen LogP contribution < -0.4 is 0 Å². The first kappa shape index (κ1) is 9.77. The molecule has 80 valence electrons. The van der Waals surface area contributed by atoms with E-state index in [0.29, 0.717) is 25.6 Å². The molecule has 2 aliphatic rings. The van der Waals surface area contributed by atoms with Crippen molar-refractivity contribution in [3.05, 3.63) is 0 Å². The molecule has 1 N–H and O–H groups in total. The fraction of sp³-hybridized carbons (Fsp3) is 0.900. The van der Waals surface area contributed by atoms with Gasteiger partial charge in [0.1, 0.15) is 6.61 Å². The summed E-state index contributed by atoms with van der Waals surface area (Å²) in [5.41, 5.74) is 0. The lowest BCUT2D eigenvalue weighted by atomic mass is 10.0. The minimum absolute atomic E-state index is 0.276. The van der Waals surface area contributed by atoms with E-state index in [1.807, 2.05) is 0 Å². The Hall–Kier alpha value is -0.770. The molecule has 1 aliphatic heterocycles. The largest absolute Gasteiger partial charge is 0.448 e. The number of carbonyl (C=O) groups excluding carboxylic acids is 1. The average Bonchev–Trinajstić information content (AvgIpc) is 2.77. The molecule has 0 radical (unpaired) electrons. The predicted molar refractivity (Wildman–Crippen MR) is 50.9 cm³/mol. The van der Waals surface area contributed by atoms with Crippen LogP contribution in [0, 0.1) is 5.92 Å². The third kappa shape index (κ3) is 2.00. The van der Waals surface area contributed by atoms with Crippen LogP contribution in [0.2, 0.25) is 0 Å².